The average molecular weight is 294 g/mol. The molecule has 1 fully saturated rings. The van der Waals surface area contributed by atoms with Crippen molar-refractivity contribution in [2.75, 3.05) is 18.0 Å². The van der Waals surface area contributed by atoms with E-state index < -0.39 is 26.9 Å². The van der Waals surface area contributed by atoms with Gasteiger partial charge in [-0.25, -0.2) is 8.42 Å². The van der Waals surface area contributed by atoms with Gasteiger partial charge in [-0.3, -0.25) is 14.5 Å². The monoisotopic (exact) mass is 294 g/mol. The number of carbonyl (C=O) groups excluding carboxylic acids is 2. The summed E-state index contributed by atoms with van der Waals surface area (Å²) in [5, 5.41) is -0.637. The van der Waals surface area contributed by atoms with Crippen molar-refractivity contribution < 1.29 is 18.0 Å². The maximum Gasteiger partial charge on any atom is 0.261 e. The third kappa shape index (κ3) is 1.89. The zero-order valence-electron chi connectivity index (χ0n) is 10.7. The number of anilines is 1. The van der Waals surface area contributed by atoms with Crippen LogP contribution in [0, 0.1) is 0 Å². The molecule has 7 heteroatoms. The number of fused-ring (bicyclic) bond motifs is 1. The number of sulfone groups is 1. The molecule has 2 amide bonds. The standard InChI is InChI=1S/C13H14N2O4S/c14-8-3-4-10-11(6-8)13(17)15(12(10)16)7-9-2-1-5-20(9,18)19/h3-4,6,9H,1-2,5,7,14H2. The summed E-state index contributed by atoms with van der Waals surface area (Å²) in [4.78, 5) is 25.4. The van der Waals surface area contributed by atoms with Crippen molar-refractivity contribution in [3.05, 3.63) is 29.3 Å². The number of hydrogen-bond donors (Lipinski definition) is 1. The van der Waals surface area contributed by atoms with Crippen molar-refractivity contribution in [1.82, 2.24) is 4.90 Å². The zero-order valence-corrected chi connectivity index (χ0v) is 11.5. The van der Waals surface area contributed by atoms with E-state index in [1.54, 1.807) is 6.07 Å². The lowest BCUT2D eigenvalue weighted by Gasteiger charge is -2.17. The zero-order chi connectivity index (χ0) is 14.5. The summed E-state index contributed by atoms with van der Waals surface area (Å²) in [5.74, 6) is -0.764. The molecule has 0 saturated carbocycles. The molecule has 1 unspecified atom stereocenters. The van der Waals surface area contributed by atoms with Gasteiger partial charge in [0.15, 0.2) is 9.84 Å². The third-order valence-electron chi connectivity index (χ3n) is 3.84. The van der Waals surface area contributed by atoms with E-state index in [0.29, 0.717) is 24.1 Å². The van der Waals surface area contributed by atoms with Crippen LogP contribution in [-0.2, 0) is 9.84 Å². The highest BCUT2D eigenvalue weighted by Crippen LogP contribution is 2.28. The summed E-state index contributed by atoms with van der Waals surface area (Å²) in [5.41, 5.74) is 6.56. The maximum atomic E-state index is 12.2. The van der Waals surface area contributed by atoms with Crippen LogP contribution in [0.2, 0.25) is 0 Å². The lowest BCUT2D eigenvalue weighted by molar-refractivity contribution is 0.0654. The Labute approximate surface area is 116 Å². The highest BCUT2D eigenvalue weighted by atomic mass is 32.2. The summed E-state index contributed by atoms with van der Waals surface area (Å²) in [7, 11) is -3.19. The van der Waals surface area contributed by atoms with E-state index in [1.165, 1.54) is 12.1 Å². The molecule has 6 nitrogen and oxygen atoms in total. The van der Waals surface area contributed by atoms with Crippen molar-refractivity contribution >= 4 is 27.3 Å². The van der Waals surface area contributed by atoms with E-state index in [0.717, 1.165) is 4.90 Å². The molecule has 0 aromatic heterocycles. The van der Waals surface area contributed by atoms with Gasteiger partial charge in [0.2, 0.25) is 0 Å². The molecule has 0 bridgehead atoms. The Kier molecular flexibility index (Phi) is 2.82. The van der Waals surface area contributed by atoms with E-state index in [4.69, 9.17) is 5.73 Å². The van der Waals surface area contributed by atoms with Crippen molar-refractivity contribution in [1.29, 1.82) is 0 Å². The Balaban J connectivity index is 1.91. The van der Waals surface area contributed by atoms with E-state index in [9.17, 15) is 18.0 Å². The van der Waals surface area contributed by atoms with Crippen molar-refractivity contribution in [2.24, 2.45) is 0 Å². The van der Waals surface area contributed by atoms with E-state index in [2.05, 4.69) is 0 Å². The molecule has 2 N–H and O–H groups in total. The Morgan fingerprint density at radius 2 is 1.90 bits per heavy atom. The van der Waals surface area contributed by atoms with Crippen molar-refractivity contribution in [3.63, 3.8) is 0 Å². The number of rotatable bonds is 2. The minimum absolute atomic E-state index is 0.0609. The molecule has 1 aromatic carbocycles. The molecule has 2 heterocycles. The maximum absolute atomic E-state index is 12.2. The molecule has 3 rings (SSSR count). The second-order valence-electron chi connectivity index (χ2n) is 5.16. The van der Waals surface area contributed by atoms with Crippen LogP contribution in [0.15, 0.2) is 18.2 Å². The van der Waals surface area contributed by atoms with Crippen LogP contribution in [0.5, 0.6) is 0 Å². The van der Waals surface area contributed by atoms with Gasteiger partial charge in [0, 0.05) is 12.2 Å². The van der Waals surface area contributed by atoms with Gasteiger partial charge in [0.1, 0.15) is 0 Å². The average Bonchev–Trinajstić information content (AvgIpc) is 2.83. The van der Waals surface area contributed by atoms with Gasteiger partial charge in [-0.15, -0.1) is 0 Å². The molecule has 1 atom stereocenters. The van der Waals surface area contributed by atoms with Crippen LogP contribution >= 0.6 is 0 Å². The number of imide groups is 1. The van der Waals surface area contributed by atoms with E-state index in [-0.39, 0.29) is 17.9 Å². The Bertz CT molecular complexity index is 711. The number of nitrogen functional groups attached to an aromatic ring is 1. The van der Waals surface area contributed by atoms with Crippen molar-refractivity contribution in [2.45, 2.75) is 18.1 Å². The Hall–Kier alpha value is -1.89. The normalized spacial score (nSPS) is 24.2. The molecule has 0 aliphatic carbocycles. The van der Waals surface area contributed by atoms with Crippen LogP contribution in [0.1, 0.15) is 33.6 Å². The molecule has 0 radical (unpaired) electrons. The SMILES string of the molecule is Nc1ccc2c(c1)C(=O)N(CC1CCCS1(=O)=O)C2=O. The first-order valence-corrected chi connectivity index (χ1v) is 8.09. The molecule has 20 heavy (non-hydrogen) atoms. The first-order chi connectivity index (χ1) is 9.40. The highest BCUT2D eigenvalue weighted by Gasteiger charge is 2.41. The van der Waals surface area contributed by atoms with Gasteiger partial charge in [0.05, 0.1) is 22.1 Å². The fourth-order valence-electron chi connectivity index (χ4n) is 2.74. The van der Waals surface area contributed by atoms with Crippen LogP contribution in [0.25, 0.3) is 0 Å². The van der Waals surface area contributed by atoms with E-state index in [1.807, 2.05) is 0 Å². The molecular formula is C13H14N2O4S. The second kappa shape index (κ2) is 4.31. The van der Waals surface area contributed by atoms with Gasteiger partial charge < -0.3 is 5.73 Å². The lowest BCUT2D eigenvalue weighted by atomic mass is 10.1. The predicted octanol–water partition coefficient (Wildman–Crippen LogP) is 0.442. The first kappa shape index (κ1) is 13.1. The van der Waals surface area contributed by atoms with Gasteiger partial charge in [-0.05, 0) is 31.0 Å². The van der Waals surface area contributed by atoms with Crippen LogP contribution in [0.3, 0.4) is 0 Å². The molecule has 1 saturated heterocycles. The first-order valence-electron chi connectivity index (χ1n) is 6.37. The molecule has 106 valence electrons. The molecule has 2 aliphatic heterocycles. The van der Waals surface area contributed by atoms with E-state index >= 15 is 0 Å². The summed E-state index contributed by atoms with van der Waals surface area (Å²) in [6, 6.07) is 4.52. The van der Waals surface area contributed by atoms with Gasteiger partial charge in [-0.2, -0.15) is 0 Å². The Morgan fingerprint density at radius 3 is 2.55 bits per heavy atom. The fraction of sp³-hybridized carbons (Fsp3) is 0.385. The van der Waals surface area contributed by atoms with Crippen LogP contribution in [-0.4, -0.2) is 42.7 Å². The number of nitrogens with two attached hydrogens (primary N) is 1. The summed E-state index contributed by atoms with van der Waals surface area (Å²) in [6.45, 7) is -0.0609. The minimum atomic E-state index is -3.19. The van der Waals surface area contributed by atoms with Gasteiger partial charge in [-0.1, -0.05) is 0 Å². The molecule has 2 aliphatic rings. The van der Waals surface area contributed by atoms with Gasteiger partial charge in [0.25, 0.3) is 11.8 Å². The molecule has 0 spiro atoms. The largest absolute Gasteiger partial charge is 0.399 e. The van der Waals surface area contributed by atoms with Crippen molar-refractivity contribution in [3.8, 4) is 0 Å². The Morgan fingerprint density at radius 1 is 1.20 bits per heavy atom. The quantitative estimate of drug-likeness (QED) is 0.630. The number of hydrogen-bond acceptors (Lipinski definition) is 5. The summed E-state index contributed by atoms with van der Waals surface area (Å²) >= 11 is 0. The van der Waals surface area contributed by atoms with Crippen LogP contribution < -0.4 is 5.73 Å². The number of benzene rings is 1. The van der Waals surface area contributed by atoms with Crippen LogP contribution in [0.4, 0.5) is 5.69 Å². The predicted molar refractivity (Wildman–Crippen MR) is 73.0 cm³/mol. The smallest absolute Gasteiger partial charge is 0.261 e. The minimum Gasteiger partial charge on any atom is -0.399 e. The fourth-order valence-corrected chi connectivity index (χ4v) is 4.55. The lowest BCUT2D eigenvalue weighted by Crippen LogP contribution is -2.38. The third-order valence-corrected chi connectivity index (χ3v) is 6.10. The topological polar surface area (TPSA) is 97.5 Å². The number of nitrogens with zero attached hydrogens (tertiary/aromatic N) is 1. The van der Waals surface area contributed by atoms with Gasteiger partial charge >= 0.3 is 0 Å². The highest BCUT2D eigenvalue weighted by molar-refractivity contribution is 7.92. The summed E-state index contributed by atoms with van der Waals surface area (Å²) < 4.78 is 23.6. The molecule has 1 aromatic rings. The summed E-state index contributed by atoms with van der Waals surface area (Å²) in [6.07, 6.45) is 1.08. The molecular weight excluding hydrogens is 280 g/mol. The number of carbonyl (C=O) groups is 2. The second-order valence-corrected chi connectivity index (χ2v) is 7.56. The number of amides is 2.